The second-order valence-corrected chi connectivity index (χ2v) is 33.6. The summed E-state index contributed by atoms with van der Waals surface area (Å²) in [5.41, 5.74) is -1.60. The van der Waals surface area contributed by atoms with E-state index in [0.717, 1.165) is 72.8 Å². The predicted molar refractivity (Wildman–Crippen MR) is 448 cm³/mol. The van der Waals surface area contributed by atoms with Gasteiger partial charge in [0.1, 0.15) is 29.0 Å². The molecule has 658 valence electrons. The average Bonchev–Trinajstić information content (AvgIpc) is 1.52. The van der Waals surface area contributed by atoms with Gasteiger partial charge < -0.3 is 117 Å². The van der Waals surface area contributed by atoms with Crippen molar-refractivity contribution in [3.8, 4) is 11.5 Å². The first-order valence-corrected chi connectivity index (χ1v) is 40.2. The Bertz CT molecular complexity index is 3470. The zero-order chi connectivity index (χ0) is 88.7. The SMILES string of the molecule is CC(O)CC(C)(C)O.CC1(C)C2CCC1(C)C(O)[C@]2(O)c1ccccc1.CC1(C)[C@H]2CC(O)[C@](C)(O)[C@@H]1C2.COC(c1ccccc1)(c1ccccc1)[C@@H](O)[C@H](O)C(OC)(c1ccccc1)c1ccccc1.C[C@@H](O)[C@@H](C)O.C[C@@H](O)[C@@H](C)O.O=C(O)CNCC(=O)O.OCCNCCO.O[C@@H]1[C@H]2CC[C@H](C2)[C@@H]1O.Oc1ccccc1O. The Hall–Kier alpha value is -6.94. The molecule has 26 heteroatoms. The van der Waals surface area contributed by atoms with Crippen LogP contribution < -0.4 is 10.6 Å². The standard InChI is InChI=1S/C30H30O4.C16H22O2.C10H18O2.C7H12O2.C6H6O2.C6H14O2.C4H7NO4.C4H11NO2.2C4H10O2/c1-33-29(23-15-7-3-8-16-23,24-17-9-4-10-18-24)27(31)28(32)30(34-2,25-19-11-5-12-20-25)26-21-13-6-14-22-26;1-14(2)12-9-10-15(14,3)13(17)16(12,18)11-7-5-4-6-8-11;1-9(2)6-4-7(9)10(3,12)8(11)5-6;8-6-4-1-2-5(3-4)7(6)9;7-5-3-1-2-4-6(5)8;1-5(7)4-6(2,3)8;6-3(7)1-5-2-4(8)9;6-3-1-5-2-4-7;2*1-3(5)4(2)6/h3-22,27-28,31-32H,1-2H3;4-8,12-13,17-18H,9-10H2,1-3H3;6-8,11-12H,4-5H2,1-3H3;4-9H,1-3H2;1-4,7-8H;5,7-8H,4H2,1-3H3;5H,1-2H2,(H,6,7)(H,8,9);5-7H,1-4H2;2*3-6H,1-2H3/t27-,28-;12?,13?,15?,16-;6-,7-,8?,10-;4-,5+,6+,7-;;;;;2*3-,4-/m001.....11/s1. The van der Waals surface area contributed by atoms with Gasteiger partial charge in [-0.25, -0.2) is 0 Å². The van der Waals surface area contributed by atoms with Crippen LogP contribution in [0.15, 0.2) is 176 Å². The fourth-order valence-electron chi connectivity index (χ4n) is 16.6. The number of fused-ring (bicyclic) bond motifs is 6. The van der Waals surface area contributed by atoms with E-state index in [2.05, 4.69) is 45.3 Å². The van der Waals surface area contributed by atoms with Gasteiger partial charge in [0.15, 0.2) is 11.5 Å². The maximum Gasteiger partial charge on any atom is 0.317 e. The van der Waals surface area contributed by atoms with Crippen molar-refractivity contribution in [2.45, 2.75) is 237 Å². The van der Waals surface area contributed by atoms with Crippen LogP contribution in [0.5, 0.6) is 11.5 Å². The zero-order valence-electron chi connectivity index (χ0n) is 71.0. The minimum atomic E-state index is -1.40. The molecule has 0 saturated heterocycles. The van der Waals surface area contributed by atoms with E-state index in [9.17, 15) is 50.4 Å². The van der Waals surface area contributed by atoms with Crippen LogP contribution in [-0.4, -0.2) is 246 Å². The Morgan fingerprint density at radius 3 is 1.04 bits per heavy atom. The molecule has 0 spiro atoms. The number of methoxy groups -OCH3 is 2. The lowest BCUT2D eigenvalue weighted by Gasteiger charge is -2.64. The van der Waals surface area contributed by atoms with Crippen molar-refractivity contribution in [2.75, 3.05) is 53.6 Å². The first-order chi connectivity index (χ1) is 54.7. The largest absolute Gasteiger partial charge is 0.504 e. The second-order valence-electron chi connectivity index (χ2n) is 33.6. The van der Waals surface area contributed by atoms with E-state index in [1.165, 1.54) is 12.1 Å². The van der Waals surface area contributed by atoms with E-state index in [1.807, 2.05) is 152 Å². The molecule has 6 aromatic rings. The molecule has 7 aliphatic carbocycles. The van der Waals surface area contributed by atoms with Crippen molar-refractivity contribution >= 4 is 11.9 Å². The van der Waals surface area contributed by atoms with Gasteiger partial charge in [0.05, 0.1) is 92.4 Å². The van der Waals surface area contributed by atoms with Crippen molar-refractivity contribution in [3.63, 3.8) is 0 Å². The molecular weight excluding hydrogens is 1500 g/mol. The summed E-state index contributed by atoms with van der Waals surface area (Å²) < 4.78 is 12.3. The molecule has 7 saturated carbocycles. The number of phenols is 2. The minimum Gasteiger partial charge on any atom is -0.504 e. The number of aliphatic hydroxyl groups excluding tert-OH is 13. The van der Waals surface area contributed by atoms with Crippen LogP contribution in [0, 0.1) is 45.8 Å². The molecule has 7 aliphatic rings. The van der Waals surface area contributed by atoms with Gasteiger partial charge in [-0.3, -0.25) is 14.9 Å². The summed E-state index contributed by atoms with van der Waals surface area (Å²) in [4.78, 5) is 19.5. The van der Waals surface area contributed by atoms with E-state index < -0.39 is 107 Å². The normalized spacial score (nSPS) is 26.2. The van der Waals surface area contributed by atoms with Gasteiger partial charge in [-0.15, -0.1) is 0 Å². The number of hydrogen-bond donors (Lipinski definition) is 22. The van der Waals surface area contributed by atoms with Crippen molar-refractivity contribution < 1.29 is 121 Å². The van der Waals surface area contributed by atoms with E-state index in [0.29, 0.717) is 43.2 Å². The number of rotatable bonds is 22. The number of carbonyl (C=O) groups is 2. The Labute approximate surface area is 691 Å². The molecule has 26 nitrogen and oxygen atoms in total. The number of carboxylic acids is 2. The Morgan fingerprint density at radius 2 is 0.821 bits per heavy atom. The molecule has 7 fully saturated rings. The Balaban J connectivity index is 0.000000363. The smallest absolute Gasteiger partial charge is 0.317 e. The van der Waals surface area contributed by atoms with Gasteiger partial charge in [-0.2, -0.15) is 0 Å². The molecular formula is C91H140N2O24. The molecule has 0 heterocycles. The second kappa shape index (κ2) is 47.9. The summed E-state index contributed by atoms with van der Waals surface area (Å²) in [7, 11) is 3.10. The summed E-state index contributed by atoms with van der Waals surface area (Å²) in [6.45, 7) is 24.7. The number of para-hydroxylation sites is 2. The number of carboxylic acid groups (broad SMARTS) is 2. The van der Waals surface area contributed by atoms with Gasteiger partial charge >= 0.3 is 11.9 Å². The lowest BCUT2D eigenvalue weighted by molar-refractivity contribution is -0.245. The molecule has 0 aliphatic heterocycles. The highest BCUT2D eigenvalue weighted by Crippen LogP contribution is 2.71. The summed E-state index contributed by atoms with van der Waals surface area (Å²) in [5.74, 6) is -0.383. The zero-order valence-corrected chi connectivity index (χ0v) is 71.0. The molecule has 13 rings (SSSR count). The molecule has 6 aromatic carbocycles. The van der Waals surface area contributed by atoms with E-state index >= 15 is 0 Å². The van der Waals surface area contributed by atoms with Gasteiger partial charge in [-0.05, 0) is 175 Å². The van der Waals surface area contributed by atoms with Crippen LogP contribution in [0.1, 0.15) is 169 Å². The quantitative estimate of drug-likeness (QED) is 0.0234. The highest BCUT2D eigenvalue weighted by Gasteiger charge is 2.73. The van der Waals surface area contributed by atoms with Crippen LogP contribution in [0.3, 0.4) is 0 Å². The van der Waals surface area contributed by atoms with Gasteiger partial charge in [0, 0.05) is 45.1 Å². The van der Waals surface area contributed by atoms with Crippen molar-refractivity contribution in [1.29, 1.82) is 0 Å². The number of aromatic hydroxyl groups is 2. The molecule has 0 aromatic heterocycles. The van der Waals surface area contributed by atoms with Crippen LogP contribution in [0.25, 0.3) is 0 Å². The highest BCUT2D eigenvalue weighted by molar-refractivity contribution is 5.72. The molecule has 6 bridgehead atoms. The van der Waals surface area contributed by atoms with Crippen LogP contribution in [-0.2, 0) is 35.9 Å². The summed E-state index contributed by atoms with van der Waals surface area (Å²) in [6.07, 6.45) is 0.0509. The van der Waals surface area contributed by atoms with Crippen LogP contribution in [0.2, 0.25) is 0 Å². The fourth-order valence-corrected chi connectivity index (χ4v) is 16.6. The summed E-state index contributed by atoms with van der Waals surface area (Å²) in [6, 6.07) is 53.7. The molecule has 117 heavy (non-hydrogen) atoms. The first-order valence-electron chi connectivity index (χ1n) is 40.2. The third-order valence-corrected chi connectivity index (χ3v) is 24.1. The number of benzene rings is 6. The van der Waals surface area contributed by atoms with Crippen molar-refractivity contribution in [1.82, 2.24) is 10.6 Å². The van der Waals surface area contributed by atoms with Gasteiger partial charge in [-0.1, -0.05) is 198 Å². The number of phenolic OH excluding ortho intramolecular Hbond substituents is 2. The van der Waals surface area contributed by atoms with Crippen molar-refractivity contribution in [2.24, 2.45) is 45.8 Å². The van der Waals surface area contributed by atoms with Gasteiger partial charge in [0.2, 0.25) is 0 Å². The highest BCUT2D eigenvalue weighted by atomic mass is 16.5. The van der Waals surface area contributed by atoms with Crippen LogP contribution >= 0.6 is 0 Å². The molecule has 19 atom stereocenters. The van der Waals surface area contributed by atoms with Gasteiger partial charge in [0.25, 0.3) is 0 Å². The third kappa shape index (κ3) is 28.1. The number of aliphatic carboxylic acids is 2. The maximum absolute atomic E-state index is 12.1. The number of nitrogens with one attached hydrogen (secondary N) is 2. The fraction of sp³-hybridized carbons (Fsp3) is 0.582. The first kappa shape index (κ1) is 104. The number of hydrogen-bond acceptors (Lipinski definition) is 24. The average molecular weight is 1650 g/mol. The molecule has 22 N–H and O–H groups in total. The van der Waals surface area contributed by atoms with E-state index in [-0.39, 0.29) is 60.0 Å². The number of ether oxygens (including phenoxy) is 2. The lowest BCUT2D eigenvalue weighted by Crippen LogP contribution is -2.66. The molecule has 5 unspecified atom stereocenters. The van der Waals surface area contributed by atoms with E-state index in [1.54, 1.807) is 81.7 Å². The van der Waals surface area contributed by atoms with E-state index in [4.69, 9.17) is 70.8 Å². The summed E-state index contributed by atoms with van der Waals surface area (Å²) >= 11 is 0. The predicted octanol–water partition coefficient (Wildman–Crippen LogP) is 7.31. The lowest BCUT2D eigenvalue weighted by atomic mass is 9.43. The van der Waals surface area contributed by atoms with Crippen molar-refractivity contribution in [3.05, 3.63) is 204 Å². The third-order valence-electron chi connectivity index (χ3n) is 24.1. The summed E-state index contributed by atoms with van der Waals surface area (Å²) in [5, 5.41) is 190. The number of aliphatic hydroxyl groups is 16. The Morgan fingerprint density at radius 1 is 0.487 bits per heavy atom. The monoisotopic (exact) mass is 1640 g/mol. The topological polar surface area (TPSA) is 481 Å². The Kier molecular flexibility index (Phi) is 42.7. The minimum absolute atomic E-state index is 0.0307. The van der Waals surface area contributed by atoms with Crippen LogP contribution in [0.4, 0.5) is 0 Å². The maximum atomic E-state index is 12.1. The molecule has 0 amide bonds. The molecule has 0 radical (unpaired) electrons.